The maximum absolute atomic E-state index is 11.3. The summed E-state index contributed by atoms with van der Waals surface area (Å²) in [5.41, 5.74) is 3.30. The lowest BCUT2D eigenvalue weighted by molar-refractivity contribution is 0.0696. The van der Waals surface area contributed by atoms with Crippen LogP contribution in [0.4, 0.5) is 0 Å². The molecule has 0 saturated carbocycles. The summed E-state index contributed by atoms with van der Waals surface area (Å²) < 4.78 is 0. The minimum absolute atomic E-state index is 0.256. The van der Waals surface area contributed by atoms with Gasteiger partial charge in [-0.25, -0.2) is 14.8 Å². The number of aromatic nitrogens is 4. The van der Waals surface area contributed by atoms with Crippen molar-refractivity contribution in [3.05, 3.63) is 53.9 Å². The fourth-order valence-corrected chi connectivity index (χ4v) is 2.69. The Balaban J connectivity index is 1.93. The molecule has 6 heteroatoms. The van der Waals surface area contributed by atoms with E-state index in [0.29, 0.717) is 16.9 Å². The predicted octanol–water partition coefficient (Wildman–Crippen LogP) is 3.18. The molecular formula is C17H12N4O2. The number of hydrogen-bond acceptors (Lipinski definition) is 4. The van der Waals surface area contributed by atoms with E-state index >= 15 is 0 Å². The number of rotatable bonds is 2. The topological polar surface area (TPSA) is 91.8 Å². The van der Waals surface area contributed by atoms with Crippen molar-refractivity contribution in [3.8, 4) is 11.4 Å². The predicted molar refractivity (Wildman–Crippen MR) is 86.3 cm³/mol. The van der Waals surface area contributed by atoms with Crippen LogP contribution in [0.25, 0.3) is 33.2 Å². The molecule has 2 aromatic heterocycles. The number of carbonyl (C=O) groups is 1. The Morgan fingerprint density at radius 2 is 1.96 bits per heavy atom. The summed E-state index contributed by atoms with van der Waals surface area (Å²) in [7, 11) is 0. The van der Waals surface area contributed by atoms with E-state index in [-0.39, 0.29) is 5.56 Å². The first-order valence-corrected chi connectivity index (χ1v) is 7.06. The summed E-state index contributed by atoms with van der Waals surface area (Å²) in [5, 5.41) is 18.0. The van der Waals surface area contributed by atoms with Gasteiger partial charge < -0.3 is 5.11 Å². The van der Waals surface area contributed by atoms with Crippen molar-refractivity contribution >= 4 is 27.8 Å². The molecule has 0 fully saturated rings. The number of carboxylic acid groups (broad SMARTS) is 1. The van der Waals surface area contributed by atoms with E-state index in [1.807, 2.05) is 18.2 Å². The molecule has 0 spiro atoms. The largest absolute Gasteiger partial charge is 0.478 e. The Labute approximate surface area is 130 Å². The van der Waals surface area contributed by atoms with Gasteiger partial charge in [0.15, 0.2) is 5.82 Å². The molecule has 0 aliphatic rings. The fraction of sp³-hybridized carbons (Fsp3) is 0.0588. The van der Waals surface area contributed by atoms with Crippen molar-refractivity contribution in [1.82, 2.24) is 20.2 Å². The van der Waals surface area contributed by atoms with Gasteiger partial charge in [0.2, 0.25) is 0 Å². The van der Waals surface area contributed by atoms with Gasteiger partial charge >= 0.3 is 5.97 Å². The van der Waals surface area contributed by atoms with E-state index < -0.39 is 5.97 Å². The van der Waals surface area contributed by atoms with Crippen LogP contribution in [0.2, 0.25) is 0 Å². The van der Waals surface area contributed by atoms with Crippen molar-refractivity contribution in [3.63, 3.8) is 0 Å². The van der Waals surface area contributed by atoms with Crippen molar-refractivity contribution in [1.29, 1.82) is 0 Å². The van der Waals surface area contributed by atoms with Gasteiger partial charge in [-0.15, -0.1) is 0 Å². The average molecular weight is 304 g/mol. The first-order valence-electron chi connectivity index (χ1n) is 7.06. The molecule has 0 amide bonds. The minimum Gasteiger partial charge on any atom is -0.478 e. The maximum atomic E-state index is 11.3. The number of nitrogens with zero attached hydrogens (tertiary/aromatic N) is 3. The van der Waals surface area contributed by atoms with Gasteiger partial charge in [-0.3, -0.25) is 5.10 Å². The highest BCUT2D eigenvalue weighted by molar-refractivity contribution is 5.96. The van der Waals surface area contributed by atoms with Gasteiger partial charge in [0.05, 0.1) is 22.8 Å². The van der Waals surface area contributed by atoms with Gasteiger partial charge in [-0.1, -0.05) is 18.2 Å². The molecule has 0 bridgehead atoms. The third-order valence-electron chi connectivity index (χ3n) is 3.94. The zero-order valence-electron chi connectivity index (χ0n) is 12.2. The molecule has 2 aromatic carbocycles. The normalized spacial score (nSPS) is 11.2. The summed E-state index contributed by atoms with van der Waals surface area (Å²) in [6.45, 7) is 1.76. The Morgan fingerprint density at radius 1 is 1.13 bits per heavy atom. The standard InChI is InChI=1S/C17H12N4O2/c1-9-13(17(22)23)5-4-12-7-18-16(20-15(9)12)10-2-3-11-8-19-21-14(11)6-10/h2-8H,1H3,(H,19,21)(H,22,23). The molecule has 0 aliphatic heterocycles. The molecule has 2 heterocycles. The molecule has 0 saturated heterocycles. The highest BCUT2D eigenvalue weighted by atomic mass is 16.4. The molecular weight excluding hydrogens is 292 g/mol. The summed E-state index contributed by atoms with van der Waals surface area (Å²) in [6.07, 6.45) is 3.47. The summed E-state index contributed by atoms with van der Waals surface area (Å²) in [6, 6.07) is 9.12. The zero-order valence-corrected chi connectivity index (χ0v) is 12.2. The third kappa shape index (κ3) is 2.12. The third-order valence-corrected chi connectivity index (χ3v) is 3.94. The van der Waals surface area contributed by atoms with Gasteiger partial charge in [-0.2, -0.15) is 5.10 Å². The van der Waals surface area contributed by atoms with E-state index in [9.17, 15) is 9.90 Å². The first-order chi connectivity index (χ1) is 11.1. The van der Waals surface area contributed by atoms with Gasteiger partial charge in [0.25, 0.3) is 0 Å². The van der Waals surface area contributed by atoms with Crippen LogP contribution in [0.15, 0.2) is 42.7 Å². The second-order valence-corrected chi connectivity index (χ2v) is 5.35. The van der Waals surface area contributed by atoms with Crippen LogP contribution in [0.3, 0.4) is 0 Å². The number of nitrogens with one attached hydrogen (secondary N) is 1. The quantitative estimate of drug-likeness (QED) is 0.593. The van der Waals surface area contributed by atoms with E-state index in [1.54, 1.807) is 31.5 Å². The lowest BCUT2D eigenvalue weighted by Gasteiger charge is -2.07. The van der Waals surface area contributed by atoms with Crippen molar-refractivity contribution in [2.24, 2.45) is 0 Å². The summed E-state index contributed by atoms with van der Waals surface area (Å²) >= 11 is 0. The Bertz CT molecular complexity index is 1070. The highest BCUT2D eigenvalue weighted by Gasteiger charge is 2.12. The van der Waals surface area contributed by atoms with E-state index in [2.05, 4.69) is 20.2 Å². The number of aromatic carboxylic acids is 1. The molecule has 0 atom stereocenters. The molecule has 0 radical (unpaired) electrons. The number of fused-ring (bicyclic) bond motifs is 2. The van der Waals surface area contributed by atoms with Crippen LogP contribution >= 0.6 is 0 Å². The number of aryl methyl sites for hydroxylation is 1. The fourth-order valence-electron chi connectivity index (χ4n) is 2.69. The lowest BCUT2D eigenvalue weighted by atomic mass is 10.0. The number of hydrogen-bond donors (Lipinski definition) is 2. The van der Waals surface area contributed by atoms with E-state index in [0.717, 1.165) is 21.9 Å². The average Bonchev–Trinajstić information content (AvgIpc) is 3.02. The number of aromatic amines is 1. The highest BCUT2D eigenvalue weighted by Crippen LogP contribution is 2.25. The van der Waals surface area contributed by atoms with Crippen LogP contribution < -0.4 is 0 Å². The number of benzene rings is 2. The van der Waals surface area contributed by atoms with Crippen LogP contribution in [0.1, 0.15) is 15.9 Å². The SMILES string of the molecule is Cc1c(C(=O)O)ccc2cnc(-c3ccc4cn[nH]c4c3)nc12. The Hall–Kier alpha value is -3.28. The molecule has 6 nitrogen and oxygen atoms in total. The number of carboxylic acids is 1. The van der Waals surface area contributed by atoms with Crippen LogP contribution in [0, 0.1) is 6.92 Å². The van der Waals surface area contributed by atoms with Crippen molar-refractivity contribution in [2.75, 3.05) is 0 Å². The molecule has 4 aromatic rings. The van der Waals surface area contributed by atoms with E-state index in [1.165, 1.54) is 0 Å². The minimum atomic E-state index is -0.955. The number of H-pyrrole nitrogens is 1. The van der Waals surface area contributed by atoms with E-state index in [4.69, 9.17) is 0 Å². The van der Waals surface area contributed by atoms with Gasteiger partial charge in [0, 0.05) is 22.5 Å². The maximum Gasteiger partial charge on any atom is 0.336 e. The Kier molecular flexibility index (Phi) is 2.84. The molecule has 0 unspecified atom stereocenters. The molecule has 0 aliphatic carbocycles. The van der Waals surface area contributed by atoms with Crippen molar-refractivity contribution in [2.45, 2.75) is 6.92 Å². The van der Waals surface area contributed by atoms with Crippen LogP contribution in [-0.2, 0) is 0 Å². The Morgan fingerprint density at radius 3 is 2.78 bits per heavy atom. The molecule has 112 valence electrons. The molecule has 2 N–H and O–H groups in total. The monoisotopic (exact) mass is 304 g/mol. The van der Waals surface area contributed by atoms with Crippen LogP contribution in [-0.4, -0.2) is 31.2 Å². The molecule has 4 rings (SSSR count). The van der Waals surface area contributed by atoms with Crippen LogP contribution in [0.5, 0.6) is 0 Å². The summed E-state index contributed by atoms with van der Waals surface area (Å²) in [5.74, 6) is -0.400. The second kappa shape index (κ2) is 4.88. The first kappa shape index (κ1) is 13.4. The lowest BCUT2D eigenvalue weighted by Crippen LogP contribution is -2.01. The van der Waals surface area contributed by atoms with Gasteiger partial charge in [0.1, 0.15) is 0 Å². The zero-order chi connectivity index (χ0) is 16.0. The molecule has 23 heavy (non-hydrogen) atoms. The smallest absolute Gasteiger partial charge is 0.336 e. The second-order valence-electron chi connectivity index (χ2n) is 5.35. The van der Waals surface area contributed by atoms with Gasteiger partial charge in [-0.05, 0) is 24.6 Å². The summed E-state index contributed by atoms with van der Waals surface area (Å²) in [4.78, 5) is 20.2. The van der Waals surface area contributed by atoms with Crippen molar-refractivity contribution < 1.29 is 9.90 Å².